The average molecular weight is 179 g/mol. The van der Waals surface area contributed by atoms with E-state index in [1.54, 1.807) is 0 Å². The van der Waals surface area contributed by atoms with E-state index in [9.17, 15) is 5.26 Å². The maximum absolute atomic E-state index is 9.26. The second-order valence-electron chi connectivity index (χ2n) is 4.72. The van der Waals surface area contributed by atoms with Crippen LogP contribution in [0.25, 0.3) is 0 Å². The Kier molecular flexibility index (Phi) is 2.08. The van der Waals surface area contributed by atoms with E-state index in [0.29, 0.717) is 0 Å². The van der Waals surface area contributed by atoms with Crippen molar-refractivity contribution in [2.24, 2.45) is 10.8 Å². The molecule has 72 valence electrons. The second kappa shape index (κ2) is 2.99. The second-order valence-corrected chi connectivity index (χ2v) is 4.72. The summed E-state index contributed by atoms with van der Waals surface area (Å²) in [5, 5.41) is 9.26. The Morgan fingerprint density at radius 2 is 1.77 bits per heavy atom. The summed E-state index contributed by atoms with van der Waals surface area (Å²) in [6.45, 7) is 3.97. The van der Waals surface area contributed by atoms with Gasteiger partial charge in [0.2, 0.25) is 0 Å². The van der Waals surface area contributed by atoms with E-state index >= 15 is 0 Å². The van der Waals surface area contributed by atoms with Crippen molar-refractivity contribution in [3.63, 3.8) is 0 Å². The van der Waals surface area contributed by atoms with Crippen LogP contribution >= 0.6 is 0 Å². The maximum atomic E-state index is 9.26. The smallest absolute Gasteiger partial charge is 0.0695 e. The summed E-state index contributed by atoms with van der Waals surface area (Å²) in [6, 6.07) is 2.57. The molecule has 13 heavy (non-hydrogen) atoms. The molecule has 1 saturated heterocycles. The van der Waals surface area contributed by atoms with Crippen LogP contribution in [0, 0.1) is 22.2 Å². The molecule has 2 heteroatoms. The van der Waals surface area contributed by atoms with Gasteiger partial charge in [-0.3, -0.25) is 0 Å². The fourth-order valence-electron chi connectivity index (χ4n) is 2.68. The van der Waals surface area contributed by atoms with Crippen LogP contribution in [0.4, 0.5) is 0 Å². The standard InChI is InChI=1S/C11H17NO/c1-10(5-7-13-8-6-10)11(9-12)3-2-4-11/h2-8H2,1H3. The molecule has 1 saturated carbocycles. The van der Waals surface area contributed by atoms with Crippen LogP contribution in [0.5, 0.6) is 0 Å². The summed E-state index contributed by atoms with van der Waals surface area (Å²) in [6.07, 6.45) is 5.60. The number of hydrogen-bond acceptors (Lipinski definition) is 2. The molecule has 2 rings (SSSR count). The van der Waals surface area contributed by atoms with Gasteiger partial charge in [0.25, 0.3) is 0 Å². The predicted molar refractivity (Wildman–Crippen MR) is 50.1 cm³/mol. The lowest BCUT2D eigenvalue weighted by Crippen LogP contribution is -2.47. The van der Waals surface area contributed by atoms with Crippen molar-refractivity contribution < 1.29 is 4.74 Å². The molecule has 2 aliphatic rings. The first-order chi connectivity index (χ1) is 6.22. The summed E-state index contributed by atoms with van der Waals surface area (Å²) >= 11 is 0. The lowest BCUT2D eigenvalue weighted by molar-refractivity contribution is -0.0651. The largest absolute Gasteiger partial charge is 0.381 e. The molecule has 0 amide bonds. The van der Waals surface area contributed by atoms with Gasteiger partial charge >= 0.3 is 0 Å². The van der Waals surface area contributed by atoms with Crippen molar-refractivity contribution in [2.75, 3.05) is 13.2 Å². The highest BCUT2D eigenvalue weighted by Crippen LogP contribution is 2.57. The van der Waals surface area contributed by atoms with Gasteiger partial charge in [0.05, 0.1) is 11.5 Å². The zero-order valence-electron chi connectivity index (χ0n) is 8.31. The third-order valence-corrected chi connectivity index (χ3v) is 4.17. The van der Waals surface area contributed by atoms with Crippen LogP contribution in [0.1, 0.15) is 39.0 Å². The molecule has 0 radical (unpaired) electrons. The average Bonchev–Trinajstić information content (AvgIpc) is 2.04. The number of rotatable bonds is 1. The van der Waals surface area contributed by atoms with Crippen LogP contribution in [-0.4, -0.2) is 13.2 Å². The number of nitrogens with zero attached hydrogens (tertiary/aromatic N) is 1. The molecule has 1 aliphatic heterocycles. The summed E-state index contributed by atoms with van der Waals surface area (Å²) in [7, 11) is 0. The van der Waals surface area contributed by atoms with E-state index in [1.165, 1.54) is 6.42 Å². The van der Waals surface area contributed by atoms with Crippen LogP contribution in [0.15, 0.2) is 0 Å². The Hall–Kier alpha value is -0.550. The van der Waals surface area contributed by atoms with Gasteiger partial charge in [-0.1, -0.05) is 13.3 Å². The van der Waals surface area contributed by atoms with Crippen LogP contribution in [0.2, 0.25) is 0 Å². The summed E-state index contributed by atoms with van der Waals surface area (Å²) in [4.78, 5) is 0. The van der Waals surface area contributed by atoms with Crippen molar-refractivity contribution in [1.29, 1.82) is 5.26 Å². The molecule has 0 aromatic heterocycles. The molecule has 0 spiro atoms. The number of ether oxygens (including phenoxy) is 1. The molecule has 2 fully saturated rings. The highest BCUT2D eigenvalue weighted by Gasteiger charge is 2.52. The van der Waals surface area contributed by atoms with E-state index in [0.717, 1.165) is 38.9 Å². The van der Waals surface area contributed by atoms with Gasteiger partial charge in [-0.15, -0.1) is 0 Å². The van der Waals surface area contributed by atoms with Crippen LogP contribution in [-0.2, 0) is 4.74 Å². The molecule has 0 bridgehead atoms. The number of hydrogen-bond donors (Lipinski definition) is 0. The molecule has 0 aromatic rings. The molecule has 0 atom stereocenters. The van der Waals surface area contributed by atoms with Crippen molar-refractivity contribution in [3.8, 4) is 6.07 Å². The van der Waals surface area contributed by atoms with Crippen molar-refractivity contribution >= 4 is 0 Å². The Labute approximate surface area is 79.9 Å². The maximum Gasteiger partial charge on any atom is 0.0695 e. The first-order valence-electron chi connectivity index (χ1n) is 5.22. The Bertz CT molecular complexity index is 231. The summed E-state index contributed by atoms with van der Waals surface area (Å²) < 4.78 is 5.36. The van der Waals surface area contributed by atoms with Gasteiger partial charge in [0, 0.05) is 13.2 Å². The van der Waals surface area contributed by atoms with Gasteiger partial charge in [-0.25, -0.2) is 0 Å². The minimum absolute atomic E-state index is 0.00319. The third kappa shape index (κ3) is 1.18. The summed E-state index contributed by atoms with van der Waals surface area (Å²) in [5.41, 5.74) is 0.231. The fourth-order valence-corrected chi connectivity index (χ4v) is 2.68. The lowest BCUT2D eigenvalue weighted by Gasteiger charge is -2.51. The predicted octanol–water partition coefficient (Wildman–Crippen LogP) is 2.50. The molecule has 0 aromatic carbocycles. The van der Waals surface area contributed by atoms with E-state index < -0.39 is 0 Å². The SMILES string of the molecule is CC1(C2(C#N)CCC2)CCOCC1. The van der Waals surface area contributed by atoms with Gasteiger partial charge in [-0.2, -0.15) is 5.26 Å². The summed E-state index contributed by atoms with van der Waals surface area (Å²) in [5.74, 6) is 0. The minimum atomic E-state index is -0.00319. The highest BCUT2D eigenvalue weighted by molar-refractivity contribution is 5.13. The quantitative estimate of drug-likeness (QED) is 0.619. The molecule has 2 nitrogen and oxygen atoms in total. The molecule has 1 aliphatic carbocycles. The third-order valence-electron chi connectivity index (χ3n) is 4.17. The molecule has 1 heterocycles. The van der Waals surface area contributed by atoms with E-state index in [1.807, 2.05) is 0 Å². The highest BCUT2D eigenvalue weighted by atomic mass is 16.5. The van der Waals surface area contributed by atoms with Crippen LogP contribution < -0.4 is 0 Å². The lowest BCUT2D eigenvalue weighted by atomic mass is 9.52. The van der Waals surface area contributed by atoms with Crippen molar-refractivity contribution in [2.45, 2.75) is 39.0 Å². The first kappa shape index (κ1) is 9.02. The van der Waals surface area contributed by atoms with E-state index in [4.69, 9.17) is 4.74 Å². The minimum Gasteiger partial charge on any atom is -0.381 e. The monoisotopic (exact) mass is 179 g/mol. The van der Waals surface area contributed by atoms with Crippen molar-refractivity contribution in [3.05, 3.63) is 0 Å². The van der Waals surface area contributed by atoms with Gasteiger partial charge in [0.1, 0.15) is 0 Å². The Morgan fingerprint density at radius 1 is 1.15 bits per heavy atom. The topological polar surface area (TPSA) is 33.0 Å². The van der Waals surface area contributed by atoms with Gasteiger partial charge in [0.15, 0.2) is 0 Å². The molecule has 0 N–H and O–H groups in total. The zero-order chi connectivity index (χ0) is 9.36. The normalized spacial score (nSPS) is 30.2. The molecular formula is C11H17NO. The van der Waals surface area contributed by atoms with Gasteiger partial charge < -0.3 is 4.74 Å². The molecular weight excluding hydrogens is 162 g/mol. The van der Waals surface area contributed by atoms with E-state index in [-0.39, 0.29) is 10.8 Å². The first-order valence-corrected chi connectivity index (χ1v) is 5.22. The van der Waals surface area contributed by atoms with Crippen molar-refractivity contribution in [1.82, 2.24) is 0 Å². The Balaban J connectivity index is 2.16. The zero-order valence-corrected chi connectivity index (χ0v) is 8.31. The fraction of sp³-hybridized carbons (Fsp3) is 0.909. The molecule has 0 unspecified atom stereocenters. The van der Waals surface area contributed by atoms with Crippen LogP contribution in [0.3, 0.4) is 0 Å². The number of nitriles is 1. The Morgan fingerprint density at radius 3 is 2.15 bits per heavy atom. The van der Waals surface area contributed by atoms with E-state index in [2.05, 4.69) is 13.0 Å². The van der Waals surface area contributed by atoms with Gasteiger partial charge in [-0.05, 0) is 31.1 Å².